The molecule has 0 bridgehead atoms. The molecule has 1 rings (SSSR count). The third-order valence-electron chi connectivity index (χ3n) is 2.36. The summed E-state index contributed by atoms with van der Waals surface area (Å²) in [5, 5.41) is 0. The summed E-state index contributed by atoms with van der Waals surface area (Å²) in [5.74, 6) is 0. The molecule has 0 heterocycles. The molecule has 1 saturated carbocycles. The number of rotatable bonds is 0. The first-order valence-electron chi connectivity index (χ1n) is 4.61. The quantitative estimate of drug-likeness (QED) is 0.471. The van der Waals surface area contributed by atoms with E-state index in [1.165, 1.54) is 51.4 Å². The van der Waals surface area contributed by atoms with E-state index in [2.05, 4.69) is 9.24 Å². The van der Waals surface area contributed by atoms with Crippen molar-refractivity contribution in [1.82, 2.24) is 0 Å². The summed E-state index contributed by atoms with van der Waals surface area (Å²) < 4.78 is 0. The van der Waals surface area contributed by atoms with E-state index < -0.39 is 0 Å². The second-order valence-corrected chi connectivity index (χ2v) is 4.21. The third kappa shape index (κ3) is 3.56. The van der Waals surface area contributed by atoms with E-state index in [1.807, 2.05) is 0 Å². The van der Waals surface area contributed by atoms with Crippen molar-refractivity contribution in [2.75, 3.05) is 0 Å². The monoisotopic (exact) mass is 157 g/mol. The molecule has 0 aromatic carbocycles. The number of hydrogen-bond donors (Lipinski definition) is 0. The maximum absolute atomic E-state index is 3.76. The molecule has 0 aliphatic heterocycles. The minimum absolute atomic E-state index is 0.818. The molecule has 0 N–H and O–H groups in total. The minimum Gasteiger partial charge on any atom is -0.0958 e. The van der Waals surface area contributed by atoms with E-state index in [4.69, 9.17) is 0 Å². The van der Waals surface area contributed by atoms with Crippen LogP contribution in [0.5, 0.6) is 0 Å². The Balaban J connectivity index is 2.15. The van der Waals surface area contributed by atoms with E-state index >= 15 is 0 Å². The van der Waals surface area contributed by atoms with Gasteiger partial charge in [-0.25, -0.2) is 0 Å². The highest BCUT2D eigenvalue weighted by molar-refractivity contribution is 7.17. The second kappa shape index (κ2) is 5.13. The lowest BCUT2D eigenvalue weighted by molar-refractivity contribution is 0.624. The fourth-order valence-electron chi connectivity index (χ4n) is 1.63. The average molecular weight is 157 g/mol. The summed E-state index contributed by atoms with van der Waals surface area (Å²) in [6, 6.07) is 0. The lowest BCUT2D eigenvalue weighted by Gasteiger charge is -2.06. The Kier molecular flexibility index (Phi) is 4.37. The van der Waals surface area contributed by atoms with Crippen LogP contribution in [0, 0.1) is 0 Å². The van der Waals surface area contributed by atoms with Gasteiger partial charge in [0.2, 0.25) is 0 Å². The Morgan fingerprint density at radius 1 is 0.700 bits per heavy atom. The Morgan fingerprint density at radius 3 is 1.60 bits per heavy atom. The molecule has 1 heteroatoms. The molecule has 1 aliphatic carbocycles. The SMILES string of the molecule is [PH]C1CCCCCCCC1. The van der Waals surface area contributed by atoms with E-state index in [1.54, 1.807) is 0 Å². The highest BCUT2D eigenvalue weighted by Crippen LogP contribution is 2.21. The van der Waals surface area contributed by atoms with Crippen LogP contribution in [0.1, 0.15) is 51.4 Å². The average Bonchev–Trinajstić information content (AvgIpc) is 2.02. The summed E-state index contributed by atoms with van der Waals surface area (Å²) in [6.45, 7) is 0. The minimum atomic E-state index is 0.818. The van der Waals surface area contributed by atoms with Crippen molar-refractivity contribution in [2.45, 2.75) is 57.0 Å². The molecule has 10 heavy (non-hydrogen) atoms. The van der Waals surface area contributed by atoms with Crippen molar-refractivity contribution in [3.63, 3.8) is 0 Å². The molecule has 1 radical (unpaired) electrons. The van der Waals surface area contributed by atoms with Gasteiger partial charge in [0.05, 0.1) is 0 Å². The highest BCUT2D eigenvalue weighted by Gasteiger charge is 2.04. The van der Waals surface area contributed by atoms with Gasteiger partial charge in [-0.15, -0.1) is 0 Å². The third-order valence-corrected chi connectivity index (χ3v) is 2.93. The van der Waals surface area contributed by atoms with Gasteiger partial charge in [0.1, 0.15) is 0 Å². The van der Waals surface area contributed by atoms with Crippen molar-refractivity contribution < 1.29 is 0 Å². The molecular formula is C9H18P. The number of hydrogen-bond acceptors (Lipinski definition) is 0. The first-order valence-corrected chi connectivity index (χ1v) is 5.18. The molecule has 0 aromatic rings. The smallest absolute Gasteiger partial charge is 0.0200 e. The zero-order valence-electron chi connectivity index (χ0n) is 6.73. The van der Waals surface area contributed by atoms with E-state index in [-0.39, 0.29) is 0 Å². The molecule has 0 unspecified atom stereocenters. The summed E-state index contributed by atoms with van der Waals surface area (Å²) >= 11 is 0. The molecule has 0 nitrogen and oxygen atoms in total. The van der Waals surface area contributed by atoms with Crippen LogP contribution in [-0.4, -0.2) is 5.66 Å². The molecule has 0 aromatic heterocycles. The standard InChI is InChI=1S/C9H18P/c10-9-7-5-3-1-2-4-6-8-9/h9-10H,1-8H2. The molecule has 1 aliphatic rings. The molecule has 1 fully saturated rings. The van der Waals surface area contributed by atoms with Gasteiger partial charge < -0.3 is 0 Å². The lowest BCUT2D eigenvalue weighted by Crippen LogP contribution is -1.95. The Labute approximate surface area is 67.0 Å². The van der Waals surface area contributed by atoms with Crippen molar-refractivity contribution in [1.29, 1.82) is 0 Å². The maximum Gasteiger partial charge on any atom is -0.0200 e. The van der Waals surface area contributed by atoms with Crippen LogP contribution in [0.3, 0.4) is 0 Å². The van der Waals surface area contributed by atoms with Gasteiger partial charge in [-0.2, -0.15) is 0 Å². The van der Waals surface area contributed by atoms with Gasteiger partial charge in [-0.3, -0.25) is 0 Å². The zero-order valence-corrected chi connectivity index (χ0v) is 7.73. The van der Waals surface area contributed by atoms with Gasteiger partial charge in [0.15, 0.2) is 0 Å². The predicted octanol–water partition coefficient (Wildman–Crippen LogP) is 3.63. The summed E-state index contributed by atoms with van der Waals surface area (Å²) in [5.41, 5.74) is 0.818. The maximum atomic E-state index is 3.76. The van der Waals surface area contributed by atoms with Crippen LogP contribution >= 0.6 is 9.24 Å². The first-order chi connectivity index (χ1) is 4.89. The molecule has 0 atom stereocenters. The van der Waals surface area contributed by atoms with Gasteiger partial charge in [-0.05, 0) is 18.5 Å². The van der Waals surface area contributed by atoms with Crippen molar-refractivity contribution in [3.8, 4) is 0 Å². The van der Waals surface area contributed by atoms with Crippen LogP contribution < -0.4 is 0 Å². The van der Waals surface area contributed by atoms with Crippen molar-refractivity contribution >= 4 is 9.24 Å². The van der Waals surface area contributed by atoms with E-state index in [0.29, 0.717) is 0 Å². The lowest BCUT2D eigenvalue weighted by atomic mass is 10.1. The Bertz CT molecular complexity index is 70.8. The van der Waals surface area contributed by atoms with Crippen LogP contribution in [0.15, 0.2) is 0 Å². The highest BCUT2D eigenvalue weighted by atomic mass is 31.0. The Hall–Kier alpha value is 0.430. The topological polar surface area (TPSA) is 0 Å². The van der Waals surface area contributed by atoms with Gasteiger partial charge in [0.25, 0.3) is 0 Å². The van der Waals surface area contributed by atoms with Crippen molar-refractivity contribution in [3.05, 3.63) is 0 Å². The largest absolute Gasteiger partial charge is 0.0958 e. The van der Waals surface area contributed by atoms with E-state index in [9.17, 15) is 0 Å². The normalized spacial score (nSPS) is 24.9. The van der Waals surface area contributed by atoms with Crippen LogP contribution in [-0.2, 0) is 0 Å². The molecular weight excluding hydrogens is 139 g/mol. The van der Waals surface area contributed by atoms with Crippen LogP contribution in [0.25, 0.3) is 0 Å². The van der Waals surface area contributed by atoms with Crippen LogP contribution in [0.4, 0.5) is 0 Å². The van der Waals surface area contributed by atoms with Gasteiger partial charge in [0, 0.05) is 0 Å². The van der Waals surface area contributed by atoms with Gasteiger partial charge in [-0.1, -0.05) is 47.8 Å². The molecule has 0 saturated heterocycles. The van der Waals surface area contributed by atoms with Gasteiger partial charge >= 0.3 is 0 Å². The van der Waals surface area contributed by atoms with Crippen molar-refractivity contribution in [2.24, 2.45) is 0 Å². The second-order valence-electron chi connectivity index (χ2n) is 3.40. The fourth-order valence-corrected chi connectivity index (χ4v) is 2.04. The summed E-state index contributed by atoms with van der Waals surface area (Å²) in [7, 11) is 3.76. The molecule has 0 spiro atoms. The zero-order chi connectivity index (χ0) is 7.23. The fraction of sp³-hybridized carbons (Fsp3) is 1.00. The molecule has 0 amide bonds. The summed E-state index contributed by atoms with van der Waals surface area (Å²) in [4.78, 5) is 0. The van der Waals surface area contributed by atoms with E-state index in [0.717, 1.165) is 5.66 Å². The molecule has 59 valence electrons. The first kappa shape index (κ1) is 8.53. The predicted molar refractivity (Wildman–Crippen MR) is 49.0 cm³/mol. The Morgan fingerprint density at radius 2 is 1.10 bits per heavy atom. The van der Waals surface area contributed by atoms with Crippen LogP contribution in [0.2, 0.25) is 0 Å². The summed E-state index contributed by atoms with van der Waals surface area (Å²) in [6.07, 6.45) is 11.5.